The summed E-state index contributed by atoms with van der Waals surface area (Å²) in [5, 5.41) is 3.72. The van der Waals surface area contributed by atoms with Crippen molar-refractivity contribution in [1.29, 1.82) is 0 Å². The van der Waals surface area contributed by atoms with Crippen molar-refractivity contribution < 1.29 is 0 Å². The van der Waals surface area contributed by atoms with Crippen LogP contribution in [-0.2, 0) is 0 Å². The van der Waals surface area contributed by atoms with Gasteiger partial charge in [-0.15, -0.1) is 11.3 Å². The Kier molecular flexibility index (Phi) is 7.03. The number of fused-ring (bicyclic) bond motifs is 4. The Morgan fingerprint density at radius 1 is 0.375 bits per heavy atom. The molecule has 226 valence electrons. The maximum atomic E-state index is 4.68. The second kappa shape index (κ2) is 12.0. The number of nitrogens with zero attached hydrogens (tertiary/aromatic N) is 2. The largest absolute Gasteiger partial charge is 0.311 e. The van der Waals surface area contributed by atoms with Gasteiger partial charge in [0.2, 0.25) is 0 Å². The van der Waals surface area contributed by atoms with E-state index in [-0.39, 0.29) is 0 Å². The van der Waals surface area contributed by atoms with Crippen molar-refractivity contribution in [1.82, 2.24) is 4.98 Å². The van der Waals surface area contributed by atoms with Gasteiger partial charge in [0, 0.05) is 33.3 Å². The molecule has 2 nitrogen and oxygen atoms in total. The first-order valence-corrected chi connectivity index (χ1v) is 17.0. The average Bonchev–Trinajstić information content (AvgIpc) is 3.54. The molecule has 0 fully saturated rings. The highest BCUT2D eigenvalue weighted by atomic mass is 32.1. The Labute approximate surface area is 283 Å². The van der Waals surface area contributed by atoms with Crippen LogP contribution in [0.25, 0.3) is 64.5 Å². The maximum Gasteiger partial charge on any atom is 0.0888 e. The molecule has 9 aromatic rings. The van der Waals surface area contributed by atoms with Crippen molar-refractivity contribution in [3.8, 4) is 33.4 Å². The Morgan fingerprint density at radius 2 is 0.896 bits per heavy atom. The van der Waals surface area contributed by atoms with Gasteiger partial charge < -0.3 is 4.90 Å². The first kappa shape index (κ1) is 28.2. The van der Waals surface area contributed by atoms with E-state index in [2.05, 4.69) is 180 Å². The summed E-state index contributed by atoms with van der Waals surface area (Å²) in [6.07, 6.45) is 1.88. The van der Waals surface area contributed by atoms with Crippen molar-refractivity contribution in [2.75, 3.05) is 4.90 Å². The minimum Gasteiger partial charge on any atom is -0.311 e. The molecule has 0 bridgehead atoms. The van der Waals surface area contributed by atoms with E-state index in [9.17, 15) is 0 Å². The molecule has 0 N–H and O–H groups in total. The zero-order valence-electron chi connectivity index (χ0n) is 26.1. The Balaban J connectivity index is 1.09. The van der Waals surface area contributed by atoms with Gasteiger partial charge in [-0.25, -0.2) is 0 Å². The Bertz CT molecular complexity index is 2530. The number of anilines is 3. The van der Waals surface area contributed by atoms with E-state index in [0.29, 0.717) is 0 Å². The van der Waals surface area contributed by atoms with E-state index in [0.717, 1.165) is 22.6 Å². The lowest BCUT2D eigenvalue weighted by Gasteiger charge is -2.26. The minimum atomic E-state index is 1.08. The Hall–Kier alpha value is -6.03. The number of rotatable bonds is 6. The zero-order chi connectivity index (χ0) is 31.9. The van der Waals surface area contributed by atoms with Crippen LogP contribution in [0.5, 0.6) is 0 Å². The van der Waals surface area contributed by atoms with Gasteiger partial charge in [-0.3, -0.25) is 4.98 Å². The lowest BCUT2D eigenvalue weighted by atomic mass is 10.0. The van der Waals surface area contributed by atoms with Gasteiger partial charge in [0.25, 0.3) is 0 Å². The van der Waals surface area contributed by atoms with E-state index in [4.69, 9.17) is 0 Å². The molecule has 0 saturated carbocycles. The van der Waals surface area contributed by atoms with Crippen molar-refractivity contribution in [2.24, 2.45) is 0 Å². The molecule has 2 aromatic heterocycles. The first-order chi connectivity index (χ1) is 23.8. The first-order valence-electron chi connectivity index (χ1n) is 16.2. The van der Waals surface area contributed by atoms with Crippen molar-refractivity contribution in [3.05, 3.63) is 182 Å². The summed E-state index contributed by atoms with van der Waals surface area (Å²) >= 11 is 1.80. The highest BCUT2D eigenvalue weighted by Gasteiger charge is 2.15. The van der Waals surface area contributed by atoms with Crippen LogP contribution in [-0.4, -0.2) is 4.98 Å². The maximum absolute atomic E-state index is 4.68. The molecule has 48 heavy (non-hydrogen) atoms. The van der Waals surface area contributed by atoms with Gasteiger partial charge in [0.15, 0.2) is 0 Å². The van der Waals surface area contributed by atoms with Crippen LogP contribution in [0.3, 0.4) is 0 Å². The summed E-state index contributed by atoms with van der Waals surface area (Å²) in [5.41, 5.74) is 11.6. The fourth-order valence-electron chi connectivity index (χ4n) is 6.63. The van der Waals surface area contributed by atoms with Crippen molar-refractivity contribution in [2.45, 2.75) is 0 Å². The van der Waals surface area contributed by atoms with Gasteiger partial charge in [-0.05, 0) is 111 Å². The summed E-state index contributed by atoms with van der Waals surface area (Å²) in [4.78, 5) is 7.01. The minimum absolute atomic E-state index is 1.08. The van der Waals surface area contributed by atoms with Crippen LogP contribution in [0.4, 0.5) is 17.1 Å². The third-order valence-electron chi connectivity index (χ3n) is 9.13. The van der Waals surface area contributed by atoms with Crippen LogP contribution in [0.1, 0.15) is 0 Å². The van der Waals surface area contributed by atoms with Crippen molar-refractivity contribution >= 4 is 59.5 Å². The van der Waals surface area contributed by atoms with Crippen molar-refractivity contribution in [3.63, 3.8) is 0 Å². The SMILES string of the molecule is c1ccc(-c2ccc(N(c3ccc(-c4ccc5ccccc5c4)cc3)c3ccc(-c4ccc5sc6cccnc6c5c4)cc3)cc2)cc1. The van der Waals surface area contributed by atoms with Crippen LogP contribution >= 0.6 is 11.3 Å². The van der Waals surface area contributed by atoms with Crippen LogP contribution in [0, 0.1) is 0 Å². The molecule has 0 aliphatic heterocycles. The smallest absolute Gasteiger partial charge is 0.0888 e. The number of thiophene rings is 1. The fourth-order valence-corrected chi connectivity index (χ4v) is 7.68. The number of aromatic nitrogens is 1. The highest BCUT2D eigenvalue weighted by molar-refractivity contribution is 7.25. The third-order valence-corrected chi connectivity index (χ3v) is 10.3. The molecule has 0 saturated heterocycles. The Morgan fingerprint density at radius 3 is 1.56 bits per heavy atom. The predicted octanol–water partition coefficient (Wildman–Crippen LogP) is 13.1. The fraction of sp³-hybridized carbons (Fsp3) is 0. The molecule has 0 aliphatic rings. The predicted molar refractivity (Wildman–Crippen MR) is 206 cm³/mol. The number of hydrogen-bond acceptors (Lipinski definition) is 3. The van der Waals surface area contributed by atoms with E-state index in [1.165, 1.54) is 58.9 Å². The molecule has 0 aliphatic carbocycles. The van der Waals surface area contributed by atoms with Gasteiger partial charge >= 0.3 is 0 Å². The number of benzene rings is 7. The molecule has 7 aromatic carbocycles. The van der Waals surface area contributed by atoms with E-state index < -0.39 is 0 Å². The second-order valence-corrected chi connectivity index (χ2v) is 13.2. The zero-order valence-corrected chi connectivity index (χ0v) is 26.9. The topological polar surface area (TPSA) is 16.1 Å². The molecular weight excluding hydrogens is 601 g/mol. The van der Waals surface area contributed by atoms with E-state index in [1.54, 1.807) is 11.3 Å². The second-order valence-electron chi connectivity index (χ2n) is 12.1. The molecular formula is C45H30N2S. The van der Waals surface area contributed by atoms with Gasteiger partial charge in [0.1, 0.15) is 0 Å². The lowest BCUT2D eigenvalue weighted by molar-refractivity contribution is 1.28. The van der Waals surface area contributed by atoms with Gasteiger partial charge in [-0.2, -0.15) is 0 Å². The molecule has 0 spiro atoms. The highest BCUT2D eigenvalue weighted by Crippen LogP contribution is 2.39. The molecule has 0 amide bonds. The molecule has 0 radical (unpaired) electrons. The number of pyridine rings is 1. The summed E-state index contributed by atoms with van der Waals surface area (Å²) in [6.45, 7) is 0. The van der Waals surface area contributed by atoms with E-state index >= 15 is 0 Å². The number of hydrogen-bond donors (Lipinski definition) is 0. The van der Waals surface area contributed by atoms with Crippen LogP contribution in [0.2, 0.25) is 0 Å². The third kappa shape index (κ3) is 5.21. The van der Waals surface area contributed by atoms with Gasteiger partial charge in [0.05, 0.1) is 10.2 Å². The van der Waals surface area contributed by atoms with Crippen LogP contribution < -0.4 is 4.90 Å². The summed E-state index contributed by atoms with van der Waals surface area (Å²) < 4.78 is 2.49. The average molecular weight is 631 g/mol. The van der Waals surface area contributed by atoms with Gasteiger partial charge in [-0.1, -0.05) is 109 Å². The summed E-state index contributed by atoms with van der Waals surface area (Å²) in [5.74, 6) is 0. The normalized spacial score (nSPS) is 11.3. The molecule has 0 atom stereocenters. The quantitative estimate of drug-likeness (QED) is 0.182. The molecule has 3 heteroatoms. The van der Waals surface area contributed by atoms with E-state index in [1.807, 2.05) is 12.3 Å². The lowest BCUT2D eigenvalue weighted by Crippen LogP contribution is -2.09. The monoisotopic (exact) mass is 630 g/mol. The summed E-state index contributed by atoms with van der Waals surface area (Å²) in [7, 11) is 0. The molecule has 2 heterocycles. The standard InChI is InChI=1S/C45H30N2S/c1-2-7-31(8-3-1)33-14-21-39(22-15-33)47(40-23-16-34(17-24-40)37-13-12-32-9-4-5-10-36(32)29-37)41-25-18-35(19-26-41)38-20-27-43-42(30-38)45-44(48-43)11-6-28-46-45/h1-30H. The van der Waals surface area contributed by atoms with Crippen LogP contribution in [0.15, 0.2) is 182 Å². The molecule has 0 unspecified atom stereocenters. The summed E-state index contributed by atoms with van der Waals surface area (Å²) in [6, 6.07) is 63.3. The molecule has 9 rings (SSSR count).